The van der Waals surface area contributed by atoms with Crippen LogP contribution in [0, 0.1) is 0 Å². The van der Waals surface area contributed by atoms with Gasteiger partial charge in [-0.25, -0.2) is 4.79 Å². The number of rotatable bonds is 6. The van der Waals surface area contributed by atoms with Crippen LogP contribution in [0.15, 0.2) is 140 Å². The zero-order valence-electron chi connectivity index (χ0n) is 56.5. The number of epoxide rings is 1. The molecule has 0 aliphatic carbocycles. The maximum atomic E-state index is 11.8. The van der Waals surface area contributed by atoms with E-state index in [1.165, 1.54) is 146 Å². The first-order valence-electron chi connectivity index (χ1n) is 34.3. The molecule has 9 aliphatic rings. The van der Waals surface area contributed by atoms with Crippen molar-refractivity contribution in [2.45, 2.75) is 320 Å². The molecule has 474 valence electrons. The third-order valence-electron chi connectivity index (χ3n) is 20.8. The molecule has 9 saturated heterocycles. The van der Waals surface area contributed by atoms with Crippen molar-refractivity contribution < 1.29 is 19.4 Å². The molecule has 9 heterocycles. The normalized spacial score (nSPS) is 32.6. The smallest absolute Gasteiger partial charge is 0.330 e. The summed E-state index contributed by atoms with van der Waals surface area (Å²) in [5.74, 6) is -0.160. The Morgan fingerprint density at radius 2 is 0.747 bits per heavy atom. The number of benzene rings is 4. The number of carbonyl (C=O) groups excluding carboxylic acids is 1. The molecule has 8 heteroatoms. The van der Waals surface area contributed by atoms with Gasteiger partial charge < -0.3 is 14.6 Å². The summed E-state index contributed by atoms with van der Waals surface area (Å²) in [6.07, 6.45) is 27.6. The predicted molar refractivity (Wildman–Crippen MR) is 379 cm³/mol. The number of hydrogen-bond acceptors (Lipinski definition) is 4. The van der Waals surface area contributed by atoms with Crippen LogP contribution in [0.1, 0.15) is 248 Å². The zero-order valence-corrected chi connectivity index (χ0v) is 59.8. The van der Waals surface area contributed by atoms with E-state index in [2.05, 4.69) is 187 Å². The Labute approximate surface area is 541 Å². The van der Waals surface area contributed by atoms with Crippen LogP contribution in [0.4, 0.5) is 0 Å². The topological polar surface area (TPSA) is 59.1 Å². The average molecular weight is 1260 g/mol. The molecule has 4 aromatic rings. The van der Waals surface area contributed by atoms with Gasteiger partial charge in [-0.2, -0.15) is 0 Å². The van der Waals surface area contributed by atoms with E-state index in [1.807, 2.05) is 13.8 Å². The Morgan fingerprint density at radius 1 is 0.483 bits per heavy atom. The molecule has 4 aromatic carbocycles. The van der Waals surface area contributed by atoms with Gasteiger partial charge in [0.1, 0.15) is 47.6 Å². The molecule has 0 radical (unpaired) electrons. The van der Waals surface area contributed by atoms with Crippen molar-refractivity contribution in [2.24, 2.45) is 0 Å². The summed E-state index contributed by atoms with van der Waals surface area (Å²) in [5, 5.41) is 16.9. The third-order valence-corrected chi connectivity index (χ3v) is 33.0. The van der Waals surface area contributed by atoms with E-state index in [4.69, 9.17) is 9.47 Å². The summed E-state index contributed by atoms with van der Waals surface area (Å²) in [4.78, 5) is 18.1. The van der Waals surface area contributed by atoms with Gasteiger partial charge in [0, 0.05) is 101 Å². The predicted octanol–water partition coefficient (Wildman–Crippen LogP) is 19.3. The van der Waals surface area contributed by atoms with Gasteiger partial charge in [-0.05, 0) is 183 Å². The highest BCUT2D eigenvalue weighted by Crippen LogP contribution is 2.53. The molecular formula is C79H114O4S4+4. The van der Waals surface area contributed by atoms with Crippen molar-refractivity contribution in [3.63, 3.8) is 0 Å². The SMILES string of the molecule is C=C1CC2CCCC(C1)[S+]2c1ccc(C(C)(C)C)cc1.CC(C)(C)c1ccc([S+]2C3CCCC2CC2(CO2)C3)cc1.CC1(O)CC2CCCC(C1)[S+]2c1ccc(C(C)(C)C)cc1.CCOC(=O)C=C1CC2CCCC(C1)[S+]2c1ccc(C(C)(C)C)cc1. The highest BCUT2D eigenvalue weighted by molar-refractivity contribution is 7.99. The van der Waals surface area contributed by atoms with Crippen molar-refractivity contribution in [3.05, 3.63) is 143 Å². The fourth-order valence-electron chi connectivity index (χ4n) is 16.1. The lowest BCUT2D eigenvalue weighted by Crippen LogP contribution is -2.50. The lowest BCUT2D eigenvalue weighted by atomic mass is 9.87. The number of aliphatic hydroxyl groups is 1. The maximum Gasteiger partial charge on any atom is 0.330 e. The summed E-state index contributed by atoms with van der Waals surface area (Å²) in [5.41, 5.74) is 9.42. The van der Waals surface area contributed by atoms with Crippen LogP contribution in [0.25, 0.3) is 0 Å². The summed E-state index contributed by atoms with van der Waals surface area (Å²) in [6.45, 7) is 37.1. The molecule has 4 nitrogen and oxygen atoms in total. The second-order valence-corrected chi connectivity index (χ2v) is 42.4. The van der Waals surface area contributed by atoms with E-state index in [-0.39, 0.29) is 27.6 Å². The van der Waals surface area contributed by atoms with Gasteiger partial charge in [0.25, 0.3) is 0 Å². The summed E-state index contributed by atoms with van der Waals surface area (Å²) >= 11 is 0. The molecule has 1 spiro atoms. The molecule has 87 heavy (non-hydrogen) atoms. The van der Waals surface area contributed by atoms with Crippen LogP contribution < -0.4 is 0 Å². The standard InChI is InChI=1S/C22H31O2S.C19H27OS.C19H29OS.C19H27S/c1-5-24-21(23)15-16-13-19-7-6-8-20(14-16)25(19)18-11-9-17(10-12-18)22(2,3)4;1-18(2,3)14-7-9-15(10-8-14)21-16-5-4-6-17(21)12-19(11-16)13-20-19;1-18(2,3)14-8-10-15(11-9-14)21-16-6-5-7-17(21)13-19(4,20)12-16;1-14-12-17-6-5-7-18(13-14)20(17)16-10-8-15(9-11-16)19(2,3)4/h9-12,15,19-20H,5-8,13-14H2,1-4H3;7-10,16-17H,4-6,11-13H2,1-3H3;8-11,16-17,20H,5-7,12-13H2,1-4H3;8-11,17-18H,1,5-7,12-13H2,2-4H3/q4*+1. The highest BCUT2D eigenvalue weighted by Gasteiger charge is 2.61. The van der Waals surface area contributed by atoms with Crippen LogP contribution >= 0.6 is 0 Å². The van der Waals surface area contributed by atoms with Crippen LogP contribution in [0.3, 0.4) is 0 Å². The van der Waals surface area contributed by atoms with Gasteiger partial charge >= 0.3 is 5.97 Å². The van der Waals surface area contributed by atoms with Gasteiger partial charge in [0.05, 0.1) is 18.8 Å². The van der Waals surface area contributed by atoms with E-state index in [0.717, 1.165) is 53.3 Å². The lowest BCUT2D eigenvalue weighted by Gasteiger charge is -2.41. The molecule has 0 saturated carbocycles. The molecule has 8 unspecified atom stereocenters. The Morgan fingerprint density at radius 3 is 1.02 bits per heavy atom. The van der Waals surface area contributed by atoms with Gasteiger partial charge in [-0.3, -0.25) is 0 Å². The van der Waals surface area contributed by atoms with Crippen molar-refractivity contribution in [2.75, 3.05) is 13.2 Å². The number of allylic oxidation sites excluding steroid dienone is 2. The number of carbonyl (C=O) groups is 1. The van der Waals surface area contributed by atoms with E-state index in [1.54, 1.807) is 15.9 Å². The second-order valence-electron chi connectivity index (χ2n) is 32.2. The number of ether oxygens (including phenoxy) is 2. The van der Waals surface area contributed by atoms with E-state index >= 15 is 0 Å². The molecule has 8 bridgehead atoms. The monoisotopic (exact) mass is 1250 g/mol. The Bertz CT molecular complexity index is 2810. The van der Waals surface area contributed by atoms with Crippen LogP contribution in [-0.4, -0.2) is 77.5 Å². The minimum atomic E-state index is -0.426. The first kappa shape index (κ1) is 67.1. The summed E-state index contributed by atoms with van der Waals surface area (Å²) < 4.78 is 10.9. The fraction of sp³-hybridized carbons (Fsp3) is 0.633. The molecule has 9 aliphatic heterocycles. The molecular weight excluding hydrogens is 1140 g/mol. The number of hydrogen-bond donors (Lipinski definition) is 1. The Hall–Kier alpha value is -2.85. The first-order valence-corrected chi connectivity index (χ1v) is 39.7. The third kappa shape index (κ3) is 16.7. The van der Waals surface area contributed by atoms with Crippen molar-refractivity contribution in [3.8, 4) is 0 Å². The van der Waals surface area contributed by atoms with Gasteiger partial charge in [-0.1, -0.05) is 149 Å². The summed E-state index contributed by atoms with van der Waals surface area (Å²) in [7, 11) is 1.64. The minimum Gasteiger partial charge on any atom is -0.463 e. The lowest BCUT2D eigenvalue weighted by molar-refractivity contribution is -0.137. The molecule has 0 amide bonds. The summed E-state index contributed by atoms with van der Waals surface area (Å²) in [6, 6.07) is 37.9. The molecule has 9 fully saturated rings. The van der Waals surface area contributed by atoms with E-state index < -0.39 is 5.60 Å². The van der Waals surface area contributed by atoms with Crippen molar-refractivity contribution >= 4 is 49.5 Å². The largest absolute Gasteiger partial charge is 0.463 e. The zero-order chi connectivity index (χ0) is 62.3. The number of fused-ring (bicyclic) bond motifs is 8. The van der Waals surface area contributed by atoms with E-state index in [0.29, 0.717) is 76.8 Å². The second kappa shape index (κ2) is 27.4. The fourth-order valence-corrected chi connectivity index (χ4v) is 30.2. The highest BCUT2D eigenvalue weighted by atomic mass is 32.2. The van der Waals surface area contributed by atoms with Crippen LogP contribution in [0.5, 0.6) is 0 Å². The van der Waals surface area contributed by atoms with Gasteiger partial charge in [0.2, 0.25) is 0 Å². The first-order chi connectivity index (χ1) is 41.1. The van der Waals surface area contributed by atoms with Crippen molar-refractivity contribution in [1.82, 2.24) is 0 Å². The Balaban J connectivity index is 0.000000129. The van der Waals surface area contributed by atoms with Crippen molar-refractivity contribution in [1.29, 1.82) is 0 Å². The Kier molecular flexibility index (Phi) is 21.1. The molecule has 13 rings (SSSR count). The maximum absolute atomic E-state index is 11.8. The molecule has 8 atom stereocenters. The molecule has 1 N–H and O–H groups in total. The number of esters is 1. The van der Waals surface area contributed by atoms with Crippen LogP contribution in [0.2, 0.25) is 0 Å². The van der Waals surface area contributed by atoms with Gasteiger partial charge in [-0.15, -0.1) is 0 Å². The average Bonchev–Trinajstić information content (AvgIpc) is 1.77. The van der Waals surface area contributed by atoms with Gasteiger partial charge in [0.15, 0.2) is 19.6 Å². The molecule has 0 aromatic heterocycles. The van der Waals surface area contributed by atoms with E-state index in [9.17, 15) is 9.90 Å². The van der Waals surface area contributed by atoms with Crippen LogP contribution in [-0.2, 0) is 79.5 Å². The minimum absolute atomic E-state index is 0.160. The quantitative estimate of drug-likeness (QED) is 0.0687.